The standard InChI is InChI=1S/C23H30ClN3O5S/c1-6-21(23(29)25-3)26(14-17-8-11-19(32-4)12-9-17)22(28)15-27(33(5,30)31)18-10-7-16(2)20(24)13-18/h7-13,21H,6,14-15H2,1-5H3,(H,25,29). The zero-order valence-electron chi connectivity index (χ0n) is 19.5. The van der Waals surface area contributed by atoms with Gasteiger partial charge in [0.05, 0.1) is 19.1 Å². The molecule has 0 fully saturated rings. The minimum atomic E-state index is -3.81. The van der Waals surface area contributed by atoms with Crippen molar-refractivity contribution in [1.82, 2.24) is 10.2 Å². The van der Waals surface area contributed by atoms with Crippen LogP contribution in [0.5, 0.6) is 5.75 Å². The van der Waals surface area contributed by atoms with Crippen molar-refractivity contribution in [2.75, 3.05) is 31.3 Å². The molecule has 10 heteroatoms. The van der Waals surface area contributed by atoms with E-state index in [2.05, 4.69) is 5.32 Å². The lowest BCUT2D eigenvalue weighted by atomic mass is 10.1. The van der Waals surface area contributed by atoms with Crippen LogP contribution in [0.4, 0.5) is 5.69 Å². The predicted molar refractivity (Wildman–Crippen MR) is 130 cm³/mol. The predicted octanol–water partition coefficient (Wildman–Crippen LogP) is 2.98. The molecule has 1 unspecified atom stereocenters. The van der Waals surface area contributed by atoms with E-state index in [1.807, 2.05) is 0 Å². The molecule has 1 N–H and O–H groups in total. The maximum absolute atomic E-state index is 13.5. The Bertz CT molecular complexity index is 1090. The van der Waals surface area contributed by atoms with Gasteiger partial charge in [0.25, 0.3) is 0 Å². The second kappa shape index (κ2) is 11.4. The zero-order valence-corrected chi connectivity index (χ0v) is 21.0. The summed E-state index contributed by atoms with van der Waals surface area (Å²) in [5.41, 5.74) is 1.83. The number of benzene rings is 2. The van der Waals surface area contributed by atoms with E-state index in [9.17, 15) is 18.0 Å². The van der Waals surface area contributed by atoms with Crippen LogP contribution in [0.1, 0.15) is 24.5 Å². The van der Waals surface area contributed by atoms with Gasteiger partial charge in [0.2, 0.25) is 21.8 Å². The molecule has 1 atom stereocenters. The van der Waals surface area contributed by atoms with Gasteiger partial charge in [0.1, 0.15) is 18.3 Å². The number of sulfonamides is 1. The quantitative estimate of drug-likeness (QED) is 0.546. The Morgan fingerprint density at radius 1 is 1.15 bits per heavy atom. The van der Waals surface area contributed by atoms with E-state index in [4.69, 9.17) is 16.3 Å². The highest BCUT2D eigenvalue weighted by Crippen LogP contribution is 2.25. The van der Waals surface area contributed by atoms with Gasteiger partial charge in [-0.1, -0.05) is 36.7 Å². The van der Waals surface area contributed by atoms with Crippen LogP contribution in [0.15, 0.2) is 42.5 Å². The van der Waals surface area contributed by atoms with Gasteiger partial charge >= 0.3 is 0 Å². The van der Waals surface area contributed by atoms with Crippen LogP contribution in [0.2, 0.25) is 5.02 Å². The Balaban J connectivity index is 2.43. The number of rotatable bonds is 10. The van der Waals surface area contributed by atoms with Gasteiger partial charge in [-0.05, 0) is 48.7 Å². The zero-order chi connectivity index (χ0) is 24.8. The first-order valence-electron chi connectivity index (χ1n) is 10.4. The Morgan fingerprint density at radius 3 is 2.27 bits per heavy atom. The molecule has 0 aliphatic rings. The fourth-order valence-electron chi connectivity index (χ4n) is 3.36. The minimum Gasteiger partial charge on any atom is -0.497 e. The van der Waals surface area contributed by atoms with Gasteiger partial charge in [0, 0.05) is 18.6 Å². The Labute approximate surface area is 200 Å². The van der Waals surface area contributed by atoms with E-state index in [0.717, 1.165) is 21.7 Å². The number of nitrogens with zero attached hydrogens (tertiary/aromatic N) is 2. The molecule has 2 rings (SSSR count). The number of methoxy groups -OCH3 is 1. The Hall–Kier alpha value is -2.78. The van der Waals surface area contributed by atoms with E-state index in [-0.39, 0.29) is 18.1 Å². The molecule has 0 saturated heterocycles. The third-order valence-electron chi connectivity index (χ3n) is 5.27. The summed E-state index contributed by atoms with van der Waals surface area (Å²) in [6, 6.07) is 11.1. The van der Waals surface area contributed by atoms with Crippen LogP contribution in [0, 0.1) is 6.92 Å². The molecule has 2 aromatic rings. The Kier molecular flexibility index (Phi) is 9.13. The molecule has 2 aromatic carbocycles. The molecule has 0 aliphatic heterocycles. The van der Waals surface area contributed by atoms with Crippen LogP contribution in [0.3, 0.4) is 0 Å². The highest BCUT2D eigenvalue weighted by atomic mass is 35.5. The fraction of sp³-hybridized carbons (Fsp3) is 0.391. The molecule has 0 aliphatic carbocycles. The van der Waals surface area contributed by atoms with Gasteiger partial charge in [-0.15, -0.1) is 0 Å². The summed E-state index contributed by atoms with van der Waals surface area (Å²) in [6.07, 6.45) is 1.38. The second-order valence-corrected chi connectivity index (χ2v) is 9.93. The van der Waals surface area contributed by atoms with Crippen molar-refractivity contribution in [3.05, 3.63) is 58.6 Å². The summed E-state index contributed by atoms with van der Waals surface area (Å²) in [6.45, 7) is 3.25. The molecule has 0 heterocycles. The molecular formula is C23H30ClN3O5S. The fourth-order valence-corrected chi connectivity index (χ4v) is 4.38. The largest absolute Gasteiger partial charge is 0.497 e. The van der Waals surface area contributed by atoms with E-state index in [1.165, 1.54) is 18.0 Å². The Morgan fingerprint density at radius 2 is 1.79 bits per heavy atom. The van der Waals surface area contributed by atoms with E-state index >= 15 is 0 Å². The maximum Gasteiger partial charge on any atom is 0.244 e. The lowest BCUT2D eigenvalue weighted by Crippen LogP contribution is -2.51. The molecular weight excluding hydrogens is 466 g/mol. The number of amides is 2. The van der Waals surface area contributed by atoms with Crippen LogP contribution < -0.4 is 14.4 Å². The van der Waals surface area contributed by atoms with Crippen molar-refractivity contribution in [3.8, 4) is 5.75 Å². The molecule has 0 aromatic heterocycles. The van der Waals surface area contributed by atoms with Gasteiger partial charge in [-0.3, -0.25) is 13.9 Å². The molecule has 2 amide bonds. The number of aryl methyl sites for hydroxylation is 1. The van der Waals surface area contributed by atoms with Crippen LogP contribution in [0.25, 0.3) is 0 Å². The van der Waals surface area contributed by atoms with Crippen molar-refractivity contribution in [2.24, 2.45) is 0 Å². The summed E-state index contributed by atoms with van der Waals surface area (Å²) in [7, 11) is -0.752. The minimum absolute atomic E-state index is 0.126. The first kappa shape index (κ1) is 26.5. The van der Waals surface area contributed by atoms with Crippen LogP contribution in [-0.2, 0) is 26.2 Å². The summed E-state index contributed by atoms with van der Waals surface area (Å²) >= 11 is 6.19. The molecule has 8 nitrogen and oxygen atoms in total. The molecule has 0 bridgehead atoms. The molecule has 33 heavy (non-hydrogen) atoms. The monoisotopic (exact) mass is 495 g/mol. The SMILES string of the molecule is CCC(C(=O)NC)N(Cc1ccc(OC)cc1)C(=O)CN(c1ccc(C)c(Cl)c1)S(C)(=O)=O. The van der Waals surface area contributed by atoms with Gasteiger partial charge in [-0.25, -0.2) is 8.42 Å². The third kappa shape index (κ3) is 6.85. The van der Waals surface area contributed by atoms with E-state index < -0.39 is 28.5 Å². The van der Waals surface area contributed by atoms with Crippen molar-refractivity contribution in [2.45, 2.75) is 32.9 Å². The number of carbonyl (C=O) groups excluding carboxylic acids is 2. The van der Waals surface area contributed by atoms with Gasteiger partial charge in [-0.2, -0.15) is 0 Å². The number of carbonyl (C=O) groups is 2. The third-order valence-corrected chi connectivity index (χ3v) is 6.81. The average Bonchev–Trinajstić information content (AvgIpc) is 2.78. The topological polar surface area (TPSA) is 96.0 Å². The highest BCUT2D eigenvalue weighted by Gasteiger charge is 2.31. The number of hydrogen-bond donors (Lipinski definition) is 1. The van der Waals surface area contributed by atoms with Crippen molar-refractivity contribution in [1.29, 1.82) is 0 Å². The number of likely N-dealkylation sites (N-methyl/N-ethyl adjacent to an activating group) is 1. The first-order valence-corrected chi connectivity index (χ1v) is 12.6. The first-order chi connectivity index (χ1) is 15.5. The number of nitrogens with one attached hydrogen (secondary N) is 1. The molecule has 0 radical (unpaired) electrons. The smallest absolute Gasteiger partial charge is 0.244 e. The van der Waals surface area contributed by atoms with Crippen molar-refractivity contribution < 1.29 is 22.7 Å². The molecule has 0 saturated carbocycles. The highest BCUT2D eigenvalue weighted by molar-refractivity contribution is 7.92. The lowest BCUT2D eigenvalue weighted by molar-refractivity contribution is -0.140. The maximum atomic E-state index is 13.5. The van der Waals surface area contributed by atoms with Gasteiger partial charge < -0.3 is 15.0 Å². The number of ether oxygens (including phenoxy) is 1. The number of hydrogen-bond acceptors (Lipinski definition) is 5. The van der Waals surface area contributed by atoms with Crippen LogP contribution >= 0.6 is 11.6 Å². The molecule has 0 spiro atoms. The van der Waals surface area contributed by atoms with Crippen LogP contribution in [-0.4, -0.2) is 58.1 Å². The van der Waals surface area contributed by atoms with Crippen molar-refractivity contribution in [3.63, 3.8) is 0 Å². The summed E-state index contributed by atoms with van der Waals surface area (Å²) < 4.78 is 31.3. The summed E-state index contributed by atoms with van der Waals surface area (Å²) in [4.78, 5) is 27.4. The number of halogens is 1. The van der Waals surface area contributed by atoms with E-state index in [0.29, 0.717) is 17.2 Å². The van der Waals surface area contributed by atoms with Crippen molar-refractivity contribution >= 4 is 39.1 Å². The normalized spacial score (nSPS) is 12.1. The summed E-state index contributed by atoms with van der Waals surface area (Å²) in [5, 5.41) is 2.97. The second-order valence-electron chi connectivity index (χ2n) is 7.61. The van der Waals surface area contributed by atoms with E-state index in [1.54, 1.807) is 57.4 Å². The average molecular weight is 496 g/mol. The summed E-state index contributed by atoms with van der Waals surface area (Å²) in [5.74, 6) is -0.179. The number of anilines is 1. The lowest BCUT2D eigenvalue weighted by Gasteiger charge is -2.32. The molecule has 180 valence electrons. The van der Waals surface area contributed by atoms with Gasteiger partial charge in [0.15, 0.2) is 0 Å².